The number of nitrogens with one attached hydrogen (secondary N) is 1. The first kappa shape index (κ1) is 18.4. The summed E-state index contributed by atoms with van der Waals surface area (Å²) in [6, 6.07) is 10.3. The average Bonchev–Trinajstić information content (AvgIpc) is 3.13. The second-order valence-corrected chi connectivity index (χ2v) is 6.36. The molecule has 1 aliphatic rings. The first-order chi connectivity index (χ1) is 12.5. The smallest absolute Gasteiger partial charge is 0.268 e. The lowest BCUT2D eigenvalue weighted by Gasteiger charge is -2.14. The Hall–Kier alpha value is -2.44. The fourth-order valence-corrected chi connectivity index (χ4v) is 2.86. The highest BCUT2D eigenvalue weighted by Crippen LogP contribution is 2.36. The Morgan fingerprint density at radius 2 is 1.85 bits per heavy atom. The van der Waals surface area contributed by atoms with Gasteiger partial charge in [0.2, 0.25) is 6.10 Å². The summed E-state index contributed by atoms with van der Waals surface area (Å²) in [6.45, 7) is 0. The average molecular weight is 395 g/mol. The minimum Gasteiger partial charge on any atom is -0.495 e. The second kappa shape index (κ2) is 7.85. The molecule has 8 heteroatoms. The van der Waals surface area contributed by atoms with Crippen LogP contribution in [0.4, 0.5) is 5.69 Å². The molecule has 3 rings (SSSR count). The van der Waals surface area contributed by atoms with Crippen LogP contribution in [-0.4, -0.2) is 31.9 Å². The highest BCUT2D eigenvalue weighted by molar-refractivity contribution is 6.32. The van der Waals surface area contributed by atoms with Crippen LogP contribution < -0.4 is 14.8 Å². The van der Waals surface area contributed by atoms with Gasteiger partial charge in [0.1, 0.15) is 11.5 Å². The number of anilines is 1. The van der Waals surface area contributed by atoms with Crippen molar-refractivity contribution in [3.8, 4) is 11.5 Å². The summed E-state index contributed by atoms with van der Waals surface area (Å²) in [5.41, 5.74) is 1.97. The number of carbonyl (C=O) groups is 1. The summed E-state index contributed by atoms with van der Waals surface area (Å²) >= 11 is 12.0. The Kier molecular flexibility index (Phi) is 5.54. The predicted molar refractivity (Wildman–Crippen MR) is 101 cm³/mol. The molecule has 1 heterocycles. The molecule has 136 valence electrons. The maximum Gasteiger partial charge on any atom is 0.268 e. The third-order valence-corrected chi connectivity index (χ3v) is 4.42. The minimum absolute atomic E-state index is 0.347. The van der Waals surface area contributed by atoms with Crippen molar-refractivity contribution in [1.29, 1.82) is 0 Å². The van der Waals surface area contributed by atoms with E-state index < -0.39 is 6.10 Å². The first-order valence-corrected chi connectivity index (χ1v) is 8.48. The molecule has 1 N–H and O–H groups in total. The van der Waals surface area contributed by atoms with Crippen molar-refractivity contribution in [2.24, 2.45) is 5.16 Å². The summed E-state index contributed by atoms with van der Waals surface area (Å²) in [4.78, 5) is 17.8. The first-order valence-electron chi connectivity index (χ1n) is 7.73. The van der Waals surface area contributed by atoms with Gasteiger partial charge in [0.25, 0.3) is 5.91 Å². The third kappa shape index (κ3) is 3.86. The van der Waals surface area contributed by atoms with Gasteiger partial charge < -0.3 is 19.6 Å². The summed E-state index contributed by atoms with van der Waals surface area (Å²) in [5.74, 6) is 0.495. The number of oxime groups is 1. The Morgan fingerprint density at radius 1 is 1.15 bits per heavy atom. The third-order valence-electron chi connectivity index (χ3n) is 3.87. The van der Waals surface area contributed by atoms with Gasteiger partial charge in [0, 0.05) is 23.6 Å². The quantitative estimate of drug-likeness (QED) is 0.826. The Balaban J connectivity index is 1.71. The number of carbonyl (C=O) groups excluding carboxylic acids is 1. The van der Waals surface area contributed by atoms with Crippen LogP contribution in [0, 0.1) is 0 Å². The van der Waals surface area contributed by atoms with Gasteiger partial charge in [0.15, 0.2) is 0 Å². The van der Waals surface area contributed by atoms with Gasteiger partial charge in [-0.25, -0.2) is 0 Å². The van der Waals surface area contributed by atoms with E-state index in [1.54, 1.807) is 24.3 Å². The zero-order valence-corrected chi connectivity index (χ0v) is 15.6. The number of halogens is 2. The van der Waals surface area contributed by atoms with Gasteiger partial charge in [-0.15, -0.1) is 0 Å². The highest BCUT2D eigenvalue weighted by Gasteiger charge is 2.29. The van der Waals surface area contributed by atoms with Crippen LogP contribution in [0.5, 0.6) is 11.5 Å². The number of hydrogen-bond donors (Lipinski definition) is 1. The second-order valence-electron chi connectivity index (χ2n) is 5.52. The Labute approximate surface area is 160 Å². The number of ether oxygens (including phenoxy) is 2. The zero-order chi connectivity index (χ0) is 18.7. The minimum atomic E-state index is -0.743. The molecule has 0 saturated carbocycles. The molecular formula is C18H16Cl2N2O4. The summed E-state index contributed by atoms with van der Waals surface area (Å²) < 4.78 is 10.4. The molecule has 1 amide bonds. The van der Waals surface area contributed by atoms with E-state index in [9.17, 15) is 4.79 Å². The van der Waals surface area contributed by atoms with Gasteiger partial charge in [-0.2, -0.15) is 0 Å². The van der Waals surface area contributed by atoms with Gasteiger partial charge in [-0.05, 0) is 17.7 Å². The number of benzene rings is 2. The van der Waals surface area contributed by atoms with Gasteiger partial charge in [-0.1, -0.05) is 40.5 Å². The van der Waals surface area contributed by atoms with Gasteiger partial charge >= 0.3 is 0 Å². The Morgan fingerprint density at radius 3 is 2.50 bits per heavy atom. The molecule has 1 aliphatic heterocycles. The van der Waals surface area contributed by atoms with Crippen LogP contribution >= 0.6 is 23.2 Å². The Bertz CT molecular complexity index is 853. The van der Waals surface area contributed by atoms with E-state index in [0.717, 1.165) is 5.56 Å². The summed E-state index contributed by atoms with van der Waals surface area (Å²) in [6.07, 6.45) is -0.396. The van der Waals surface area contributed by atoms with Crippen molar-refractivity contribution in [3.63, 3.8) is 0 Å². The van der Waals surface area contributed by atoms with E-state index >= 15 is 0 Å². The van der Waals surface area contributed by atoms with Crippen molar-refractivity contribution in [2.45, 2.75) is 12.5 Å². The van der Waals surface area contributed by atoms with Crippen molar-refractivity contribution in [3.05, 3.63) is 52.0 Å². The van der Waals surface area contributed by atoms with Crippen molar-refractivity contribution < 1.29 is 19.1 Å². The van der Waals surface area contributed by atoms with E-state index in [4.69, 9.17) is 37.5 Å². The lowest BCUT2D eigenvalue weighted by Crippen LogP contribution is -2.28. The SMILES string of the molecule is COc1cc(NC(=O)[C@H]2CC(c3ccc(Cl)cc3)=NO2)c(OC)cc1Cl. The molecule has 0 bridgehead atoms. The lowest BCUT2D eigenvalue weighted by molar-refractivity contribution is -0.125. The summed E-state index contributed by atoms with van der Waals surface area (Å²) in [7, 11) is 2.98. The zero-order valence-electron chi connectivity index (χ0n) is 14.1. The predicted octanol–water partition coefficient (Wildman–Crippen LogP) is 4.14. The molecule has 26 heavy (non-hydrogen) atoms. The van der Waals surface area contributed by atoms with Crippen LogP contribution in [0.25, 0.3) is 0 Å². The van der Waals surface area contributed by atoms with E-state index in [1.165, 1.54) is 14.2 Å². The standard InChI is InChI=1S/C18H16Cl2N2O4/c1-24-15-9-14(16(25-2)7-12(15)20)21-18(23)17-8-13(22-26-17)10-3-5-11(19)6-4-10/h3-7,9,17H,8H2,1-2H3,(H,21,23)/t17-/m1/s1. The number of amides is 1. The normalized spacial score (nSPS) is 15.8. The molecule has 6 nitrogen and oxygen atoms in total. The highest BCUT2D eigenvalue weighted by atomic mass is 35.5. The van der Waals surface area contributed by atoms with Crippen molar-refractivity contribution in [2.75, 3.05) is 19.5 Å². The van der Waals surface area contributed by atoms with Crippen LogP contribution in [0.2, 0.25) is 10.0 Å². The van der Waals surface area contributed by atoms with Crippen molar-refractivity contribution >= 4 is 40.5 Å². The van der Waals surface area contributed by atoms with E-state index in [0.29, 0.717) is 39.4 Å². The number of methoxy groups -OCH3 is 2. The number of hydrogen-bond acceptors (Lipinski definition) is 5. The molecule has 0 aromatic heterocycles. The van der Waals surface area contributed by atoms with E-state index in [-0.39, 0.29) is 5.91 Å². The molecule has 0 unspecified atom stereocenters. The molecule has 1 atom stereocenters. The fourth-order valence-electron chi connectivity index (χ4n) is 2.50. The summed E-state index contributed by atoms with van der Waals surface area (Å²) in [5, 5.41) is 7.78. The molecule has 0 saturated heterocycles. The van der Waals surface area contributed by atoms with Crippen LogP contribution in [0.3, 0.4) is 0 Å². The van der Waals surface area contributed by atoms with E-state index in [2.05, 4.69) is 10.5 Å². The number of rotatable bonds is 5. The van der Waals surface area contributed by atoms with Crippen molar-refractivity contribution in [1.82, 2.24) is 0 Å². The molecule has 2 aromatic rings. The largest absolute Gasteiger partial charge is 0.495 e. The monoisotopic (exact) mass is 394 g/mol. The maximum atomic E-state index is 12.5. The number of nitrogens with zero attached hydrogens (tertiary/aromatic N) is 1. The fraction of sp³-hybridized carbons (Fsp3) is 0.222. The van der Waals surface area contributed by atoms with Crippen LogP contribution in [0.1, 0.15) is 12.0 Å². The molecule has 0 radical (unpaired) electrons. The maximum absolute atomic E-state index is 12.5. The molecular weight excluding hydrogens is 379 g/mol. The van der Waals surface area contributed by atoms with Gasteiger partial charge in [-0.3, -0.25) is 4.79 Å². The topological polar surface area (TPSA) is 69.2 Å². The van der Waals surface area contributed by atoms with Gasteiger partial charge in [0.05, 0.1) is 30.6 Å². The lowest BCUT2D eigenvalue weighted by atomic mass is 10.0. The van der Waals surface area contributed by atoms with Crippen LogP contribution in [-0.2, 0) is 9.63 Å². The molecule has 0 aliphatic carbocycles. The van der Waals surface area contributed by atoms with E-state index in [1.807, 2.05) is 12.1 Å². The molecule has 0 spiro atoms. The molecule has 2 aromatic carbocycles. The molecule has 0 fully saturated rings. The van der Waals surface area contributed by atoms with Crippen LogP contribution in [0.15, 0.2) is 41.6 Å².